The van der Waals surface area contributed by atoms with Gasteiger partial charge in [-0.2, -0.15) is 5.10 Å². The van der Waals surface area contributed by atoms with Crippen LogP contribution in [0.1, 0.15) is 35.0 Å². The van der Waals surface area contributed by atoms with Gasteiger partial charge in [0.25, 0.3) is 5.91 Å². The van der Waals surface area contributed by atoms with Gasteiger partial charge in [-0.3, -0.25) is 14.8 Å². The van der Waals surface area contributed by atoms with Crippen molar-refractivity contribution in [1.82, 2.24) is 15.1 Å². The molecule has 0 aliphatic carbocycles. The number of aryl methyl sites for hydroxylation is 2. The summed E-state index contributed by atoms with van der Waals surface area (Å²) in [6, 6.07) is 14.2. The molecule has 31 heavy (non-hydrogen) atoms. The number of ether oxygens (including phenoxy) is 1. The zero-order valence-electron chi connectivity index (χ0n) is 17.9. The predicted molar refractivity (Wildman–Crippen MR) is 124 cm³/mol. The van der Waals surface area contributed by atoms with Gasteiger partial charge >= 0.3 is 0 Å². The Hall–Kier alpha value is -3.32. The van der Waals surface area contributed by atoms with Gasteiger partial charge in [0.1, 0.15) is 5.75 Å². The molecule has 0 spiro atoms. The first-order valence-electron chi connectivity index (χ1n) is 10.0. The number of aliphatic imine (C=N–C) groups is 1. The number of guanidine groups is 1. The second-order valence-corrected chi connectivity index (χ2v) is 7.39. The molecule has 0 aliphatic heterocycles. The van der Waals surface area contributed by atoms with Gasteiger partial charge in [-0.15, -0.1) is 0 Å². The molecule has 8 heteroatoms. The third kappa shape index (κ3) is 6.08. The van der Waals surface area contributed by atoms with E-state index in [4.69, 9.17) is 16.3 Å². The van der Waals surface area contributed by atoms with E-state index in [2.05, 4.69) is 27.6 Å². The molecule has 0 atom stereocenters. The summed E-state index contributed by atoms with van der Waals surface area (Å²) in [7, 11) is 1.57. The second-order valence-electron chi connectivity index (χ2n) is 6.96. The standard InChI is InChI=1S/C23H26ClN5O2/c1-4-12-29-15-18(16(2)28-29)14-25-23(27-22(30)17-8-6-5-7-9-17)26-20-13-19(24)10-11-21(20)31-3/h5-11,13,15H,4,12,14H2,1-3H3,(H2,25,26,27,30). The topological polar surface area (TPSA) is 80.5 Å². The highest BCUT2D eigenvalue weighted by molar-refractivity contribution is 6.31. The Morgan fingerprint density at radius 1 is 1.23 bits per heavy atom. The van der Waals surface area contributed by atoms with Crippen molar-refractivity contribution in [3.05, 3.63) is 76.6 Å². The number of rotatable bonds is 7. The molecule has 0 radical (unpaired) electrons. The average molecular weight is 440 g/mol. The Balaban J connectivity index is 1.87. The molecular formula is C23H26ClN5O2. The third-order valence-electron chi connectivity index (χ3n) is 4.59. The van der Waals surface area contributed by atoms with Gasteiger partial charge < -0.3 is 10.1 Å². The van der Waals surface area contributed by atoms with E-state index in [0.29, 0.717) is 28.6 Å². The molecule has 3 rings (SSSR count). The Morgan fingerprint density at radius 3 is 2.71 bits per heavy atom. The minimum absolute atomic E-state index is 0.272. The van der Waals surface area contributed by atoms with Gasteiger partial charge in [-0.05, 0) is 43.7 Å². The molecule has 2 N–H and O–H groups in total. The number of methoxy groups -OCH3 is 1. The molecule has 7 nitrogen and oxygen atoms in total. The number of nitrogens with zero attached hydrogens (tertiary/aromatic N) is 3. The summed E-state index contributed by atoms with van der Waals surface area (Å²) in [6.07, 6.45) is 2.98. The van der Waals surface area contributed by atoms with Crippen LogP contribution in [0.25, 0.3) is 0 Å². The lowest BCUT2D eigenvalue weighted by Crippen LogP contribution is -2.36. The minimum Gasteiger partial charge on any atom is -0.495 e. The lowest BCUT2D eigenvalue weighted by atomic mass is 10.2. The van der Waals surface area contributed by atoms with Crippen LogP contribution >= 0.6 is 11.6 Å². The molecule has 0 bridgehead atoms. The van der Waals surface area contributed by atoms with Gasteiger partial charge in [-0.1, -0.05) is 36.7 Å². The highest BCUT2D eigenvalue weighted by Gasteiger charge is 2.13. The Morgan fingerprint density at radius 2 is 2.00 bits per heavy atom. The van der Waals surface area contributed by atoms with E-state index < -0.39 is 0 Å². The van der Waals surface area contributed by atoms with E-state index in [-0.39, 0.29) is 11.9 Å². The van der Waals surface area contributed by atoms with Crippen LogP contribution in [-0.2, 0) is 13.1 Å². The number of hydrogen-bond donors (Lipinski definition) is 2. The fourth-order valence-electron chi connectivity index (χ4n) is 3.01. The van der Waals surface area contributed by atoms with Gasteiger partial charge in [0.05, 0.1) is 25.0 Å². The molecule has 162 valence electrons. The first-order valence-corrected chi connectivity index (χ1v) is 10.4. The van der Waals surface area contributed by atoms with Crippen molar-refractivity contribution in [2.24, 2.45) is 4.99 Å². The maximum absolute atomic E-state index is 12.7. The number of amides is 1. The number of nitrogens with one attached hydrogen (secondary N) is 2. The smallest absolute Gasteiger partial charge is 0.257 e. The monoisotopic (exact) mass is 439 g/mol. The van der Waals surface area contributed by atoms with E-state index in [1.54, 1.807) is 37.4 Å². The van der Waals surface area contributed by atoms with Crippen molar-refractivity contribution in [2.45, 2.75) is 33.4 Å². The summed E-state index contributed by atoms with van der Waals surface area (Å²) in [6.45, 7) is 5.26. The van der Waals surface area contributed by atoms with Crippen molar-refractivity contribution in [3.8, 4) is 5.75 Å². The number of carbonyl (C=O) groups excluding carboxylic acids is 1. The fourth-order valence-corrected chi connectivity index (χ4v) is 3.18. The van der Waals surface area contributed by atoms with Crippen LogP contribution in [0.2, 0.25) is 5.02 Å². The van der Waals surface area contributed by atoms with E-state index >= 15 is 0 Å². The van der Waals surface area contributed by atoms with Crippen molar-refractivity contribution in [2.75, 3.05) is 12.4 Å². The normalized spacial score (nSPS) is 11.3. The summed E-state index contributed by atoms with van der Waals surface area (Å²) in [5.41, 5.74) is 3.02. The van der Waals surface area contributed by atoms with Gasteiger partial charge in [0.15, 0.2) is 0 Å². The molecule has 1 heterocycles. The van der Waals surface area contributed by atoms with Crippen LogP contribution in [0.5, 0.6) is 5.75 Å². The van der Waals surface area contributed by atoms with Crippen LogP contribution in [-0.4, -0.2) is 28.8 Å². The molecule has 1 aromatic heterocycles. The van der Waals surface area contributed by atoms with E-state index in [1.807, 2.05) is 36.0 Å². The maximum atomic E-state index is 12.7. The number of hydrogen-bond acceptors (Lipinski definition) is 4. The summed E-state index contributed by atoms with van der Waals surface area (Å²) >= 11 is 6.15. The van der Waals surface area contributed by atoms with Crippen molar-refractivity contribution >= 4 is 29.2 Å². The third-order valence-corrected chi connectivity index (χ3v) is 4.83. The largest absolute Gasteiger partial charge is 0.495 e. The van der Waals surface area contributed by atoms with Crippen molar-refractivity contribution in [3.63, 3.8) is 0 Å². The maximum Gasteiger partial charge on any atom is 0.257 e. The molecule has 0 fully saturated rings. The van der Waals surface area contributed by atoms with Crippen LogP contribution < -0.4 is 15.4 Å². The molecule has 0 saturated carbocycles. The van der Waals surface area contributed by atoms with Crippen LogP contribution in [0, 0.1) is 6.92 Å². The molecule has 0 aliphatic rings. The van der Waals surface area contributed by atoms with Crippen molar-refractivity contribution < 1.29 is 9.53 Å². The summed E-state index contributed by atoms with van der Waals surface area (Å²) in [5.74, 6) is 0.598. The zero-order valence-corrected chi connectivity index (χ0v) is 18.6. The van der Waals surface area contributed by atoms with E-state index in [9.17, 15) is 4.79 Å². The Kier molecular flexibility index (Phi) is 7.67. The highest BCUT2D eigenvalue weighted by Crippen LogP contribution is 2.27. The van der Waals surface area contributed by atoms with E-state index in [0.717, 1.165) is 24.2 Å². The molecule has 0 unspecified atom stereocenters. The number of benzene rings is 2. The second kappa shape index (κ2) is 10.6. The summed E-state index contributed by atoms with van der Waals surface area (Å²) in [5, 5.41) is 11.0. The number of anilines is 1. The highest BCUT2D eigenvalue weighted by atomic mass is 35.5. The number of aromatic nitrogens is 2. The molecule has 1 amide bonds. The number of halogens is 1. The van der Waals surface area contributed by atoms with Crippen LogP contribution in [0.3, 0.4) is 0 Å². The SMILES string of the molecule is CCCn1cc(CN=C(NC(=O)c2ccccc2)Nc2cc(Cl)ccc2OC)c(C)n1. The molecule has 0 saturated heterocycles. The van der Waals surface area contributed by atoms with Crippen LogP contribution in [0.4, 0.5) is 5.69 Å². The number of carbonyl (C=O) groups is 1. The first-order chi connectivity index (χ1) is 15.0. The van der Waals surface area contributed by atoms with E-state index in [1.165, 1.54) is 0 Å². The Bertz CT molecular complexity index is 1060. The summed E-state index contributed by atoms with van der Waals surface area (Å²) < 4.78 is 7.31. The first kappa shape index (κ1) is 22.4. The molecular weight excluding hydrogens is 414 g/mol. The molecule has 3 aromatic rings. The predicted octanol–water partition coefficient (Wildman–Crippen LogP) is 4.66. The fraction of sp³-hybridized carbons (Fsp3) is 0.261. The minimum atomic E-state index is -0.272. The van der Waals surface area contributed by atoms with Gasteiger partial charge in [0.2, 0.25) is 5.96 Å². The van der Waals surface area contributed by atoms with Gasteiger partial charge in [0, 0.05) is 28.9 Å². The quantitative estimate of drug-likeness (QED) is 0.414. The molecule has 2 aromatic carbocycles. The van der Waals surface area contributed by atoms with Gasteiger partial charge in [-0.25, -0.2) is 4.99 Å². The summed E-state index contributed by atoms with van der Waals surface area (Å²) in [4.78, 5) is 17.3. The lowest BCUT2D eigenvalue weighted by molar-refractivity contribution is 0.0977. The zero-order chi connectivity index (χ0) is 22.2. The van der Waals surface area contributed by atoms with Crippen LogP contribution in [0.15, 0.2) is 59.7 Å². The Labute approximate surface area is 187 Å². The lowest BCUT2D eigenvalue weighted by Gasteiger charge is -2.14. The average Bonchev–Trinajstić information content (AvgIpc) is 3.12. The van der Waals surface area contributed by atoms with Crippen molar-refractivity contribution in [1.29, 1.82) is 0 Å².